The van der Waals surface area contributed by atoms with Crippen molar-refractivity contribution in [3.63, 3.8) is 0 Å². The maximum atomic E-state index is 13.0. The van der Waals surface area contributed by atoms with E-state index in [0.29, 0.717) is 6.42 Å². The Morgan fingerprint density at radius 1 is 1.30 bits per heavy atom. The predicted molar refractivity (Wildman–Crippen MR) is 77.9 cm³/mol. The van der Waals surface area contributed by atoms with Crippen molar-refractivity contribution in [2.45, 2.75) is 45.1 Å². The lowest BCUT2D eigenvalue weighted by molar-refractivity contribution is -0.140. The van der Waals surface area contributed by atoms with E-state index < -0.39 is 0 Å². The van der Waals surface area contributed by atoms with E-state index in [-0.39, 0.29) is 17.8 Å². The van der Waals surface area contributed by atoms with Crippen LogP contribution in [-0.2, 0) is 9.53 Å². The van der Waals surface area contributed by atoms with Crippen LogP contribution in [0.1, 0.15) is 50.6 Å². The van der Waals surface area contributed by atoms with Crippen LogP contribution >= 0.6 is 0 Å². The van der Waals surface area contributed by atoms with Gasteiger partial charge < -0.3 is 10.1 Å². The maximum absolute atomic E-state index is 13.0. The molecule has 0 amide bonds. The number of benzene rings is 1. The first-order valence-corrected chi connectivity index (χ1v) is 7.23. The van der Waals surface area contributed by atoms with Crippen molar-refractivity contribution in [1.82, 2.24) is 5.32 Å². The van der Waals surface area contributed by atoms with E-state index in [1.54, 1.807) is 0 Å². The smallest absolute Gasteiger partial charge is 0.305 e. The Bertz CT molecular complexity index is 392. The van der Waals surface area contributed by atoms with Gasteiger partial charge in [0.05, 0.1) is 7.11 Å². The Morgan fingerprint density at radius 3 is 2.60 bits per heavy atom. The highest BCUT2D eigenvalue weighted by Crippen LogP contribution is 2.19. The Hall–Kier alpha value is -1.42. The van der Waals surface area contributed by atoms with Gasteiger partial charge in [0.25, 0.3) is 0 Å². The fourth-order valence-corrected chi connectivity index (χ4v) is 2.10. The lowest BCUT2D eigenvalue weighted by Gasteiger charge is -2.19. The molecule has 0 fully saturated rings. The lowest BCUT2D eigenvalue weighted by atomic mass is 10.0. The maximum Gasteiger partial charge on any atom is 0.305 e. The number of nitrogens with one attached hydrogen (secondary N) is 1. The molecule has 1 unspecified atom stereocenters. The van der Waals surface area contributed by atoms with Gasteiger partial charge in [0.15, 0.2) is 0 Å². The summed E-state index contributed by atoms with van der Waals surface area (Å²) < 4.78 is 17.6. The van der Waals surface area contributed by atoms with E-state index in [1.807, 2.05) is 12.1 Å². The summed E-state index contributed by atoms with van der Waals surface area (Å²) in [6, 6.07) is 6.84. The first kappa shape index (κ1) is 16.6. The first-order chi connectivity index (χ1) is 9.67. The second-order valence-corrected chi connectivity index (χ2v) is 4.88. The number of rotatable bonds is 9. The van der Waals surface area contributed by atoms with Crippen LogP contribution in [0.4, 0.5) is 4.39 Å². The second kappa shape index (κ2) is 9.48. The third-order valence-electron chi connectivity index (χ3n) is 3.29. The summed E-state index contributed by atoms with van der Waals surface area (Å²) in [7, 11) is 1.40. The van der Waals surface area contributed by atoms with Gasteiger partial charge in [-0.1, -0.05) is 31.9 Å². The number of methoxy groups -OCH3 is 1. The zero-order chi connectivity index (χ0) is 14.8. The summed E-state index contributed by atoms with van der Waals surface area (Å²) in [6.45, 7) is 2.90. The van der Waals surface area contributed by atoms with Crippen LogP contribution < -0.4 is 5.32 Å². The Balaban J connectivity index is 2.47. The van der Waals surface area contributed by atoms with Gasteiger partial charge >= 0.3 is 5.97 Å². The molecule has 0 saturated heterocycles. The van der Waals surface area contributed by atoms with Crippen LogP contribution in [0.3, 0.4) is 0 Å². The molecule has 0 heterocycles. The first-order valence-electron chi connectivity index (χ1n) is 7.23. The fourth-order valence-electron chi connectivity index (χ4n) is 2.10. The largest absolute Gasteiger partial charge is 0.469 e. The van der Waals surface area contributed by atoms with Crippen LogP contribution in [0.25, 0.3) is 0 Å². The molecule has 0 bridgehead atoms. The van der Waals surface area contributed by atoms with Crippen molar-refractivity contribution in [3.8, 4) is 0 Å². The molecule has 1 rings (SSSR count). The molecule has 3 nitrogen and oxygen atoms in total. The minimum absolute atomic E-state index is 0.182. The number of carbonyl (C=O) groups excluding carboxylic acids is 1. The minimum atomic E-state index is -0.214. The van der Waals surface area contributed by atoms with E-state index in [2.05, 4.69) is 17.0 Å². The summed E-state index contributed by atoms with van der Waals surface area (Å²) in [5.74, 6) is -0.396. The molecule has 1 aromatic carbocycles. The molecule has 1 atom stereocenters. The third-order valence-corrected chi connectivity index (χ3v) is 3.29. The number of hydrogen-bond donors (Lipinski definition) is 1. The van der Waals surface area contributed by atoms with Crippen molar-refractivity contribution in [3.05, 3.63) is 35.6 Å². The van der Waals surface area contributed by atoms with Gasteiger partial charge in [-0.2, -0.15) is 0 Å². The highest BCUT2D eigenvalue weighted by Gasteiger charge is 2.10. The van der Waals surface area contributed by atoms with Crippen LogP contribution in [0.2, 0.25) is 0 Å². The molecule has 0 aliphatic rings. The van der Waals surface area contributed by atoms with Gasteiger partial charge in [-0.15, -0.1) is 0 Å². The van der Waals surface area contributed by atoms with E-state index >= 15 is 0 Å². The number of halogens is 1. The van der Waals surface area contributed by atoms with Gasteiger partial charge in [0, 0.05) is 12.5 Å². The highest BCUT2D eigenvalue weighted by molar-refractivity contribution is 5.69. The summed E-state index contributed by atoms with van der Waals surface area (Å²) in [6.07, 6.45) is 4.43. The number of esters is 1. The van der Waals surface area contributed by atoms with Crippen molar-refractivity contribution in [2.75, 3.05) is 13.7 Å². The van der Waals surface area contributed by atoms with Crippen LogP contribution in [-0.4, -0.2) is 19.6 Å². The molecule has 0 saturated carbocycles. The molecule has 20 heavy (non-hydrogen) atoms. The van der Waals surface area contributed by atoms with Gasteiger partial charge in [-0.25, -0.2) is 4.39 Å². The van der Waals surface area contributed by atoms with Crippen molar-refractivity contribution >= 4 is 5.97 Å². The minimum Gasteiger partial charge on any atom is -0.469 e. The second-order valence-electron chi connectivity index (χ2n) is 4.88. The Kier molecular flexibility index (Phi) is 7.88. The van der Waals surface area contributed by atoms with Gasteiger partial charge in [-0.3, -0.25) is 4.79 Å². The number of unbranched alkanes of at least 4 members (excludes halogenated alkanes) is 1. The molecule has 0 aromatic heterocycles. The van der Waals surface area contributed by atoms with Crippen molar-refractivity contribution in [1.29, 1.82) is 0 Å². The molecule has 4 heteroatoms. The number of hydrogen-bond acceptors (Lipinski definition) is 3. The molecular formula is C16H24FNO2. The summed E-state index contributed by atoms with van der Waals surface area (Å²) in [5, 5.41) is 3.44. The van der Waals surface area contributed by atoms with E-state index in [1.165, 1.54) is 19.2 Å². The lowest BCUT2D eigenvalue weighted by Crippen LogP contribution is -2.23. The third kappa shape index (κ3) is 6.15. The fraction of sp³-hybridized carbons (Fsp3) is 0.562. The molecule has 1 aromatic rings. The Labute approximate surface area is 120 Å². The number of carbonyl (C=O) groups is 1. The summed E-state index contributed by atoms with van der Waals surface area (Å²) >= 11 is 0. The predicted octanol–water partition coefficient (Wildman–Crippen LogP) is 3.60. The molecule has 112 valence electrons. The average Bonchev–Trinajstić information content (AvgIpc) is 2.47. The van der Waals surface area contributed by atoms with Gasteiger partial charge in [0.2, 0.25) is 0 Å². The molecule has 1 N–H and O–H groups in total. The van der Waals surface area contributed by atoms with Crippen LogP contribution in [0.15, 0.2) is 24.3 Å². The SMILES string of the molecule is CCCCC(NCCCC(=O)OC)c1ccc(F)cc1. The zero-order valence-corrected chi connectivity index (χ0v) is 12.3. The normalized spacial score (nSPS) is 12.2. The van der Waals surface area contributed by atoms with E-state index in [9.17, 15) is 9.18 Å². The zero-order valence-electron chi connectivity index (χ0n) is 12.3. The van der Waals surface area contributed by atoms with Crippen LogP contribution in [0, 0.1) is 5.82 Å². The van der Waals surface area contributed by atoms with E-state index in [0.717, 1.165) is 37.8 Å². The molecule has 0 radical (unpaired) electrons. The molecule has 0 spiro atoms. The molecule has 0 aliphatic carbocycles. The summed E-state index contributed by atoms with van der Waals surface area (Å²) in [4.78, 5) is 11.0. The van der Waals surface area contributed by atoms with Gasteiger partial charge in [-0.05, 0) is 37.1 Å². The quantitative estimate of drug-likeness (QED) is 0.555. The topological polar surface area (TPSA) is 38.3 Å². The summed E-state index contributed by atoms with van der Waals surface area (Å²) in [5.41, 5.74) is 1.10. The Morgan fingerprint density at radius 2 is 2.00 bits per heavy atom. The van der Waals surface area contributed by atoms with Crippen molar-refractivity contribution < 1.29 is 13.9 Å². The van der Waals surface area contributed by atoms with Gasteiger partial charge in [0.1, 0.15) is 5.82 Å². The average molecular weight is 281 g/mol. The molecule has 0 aliphatic heterocycles. The standard InChI is InChI=1S/C16H24FNO2/c1-3-4-6-15(13-8-10-14(17)11-9-13)18-12-5-7-16(19)20-2/h8-11,15,18H,3-7,12H2,1-2H3. The van der Waals surface area contributed by atoms with E-state index in [4.69, 9.17) is 0 Å². The van der Waals surface area contributed by atoms with Crippen molar-refractivity contribution in [2.24, 2.45) is 0 Å². The number of ether oxygens (including phenoxy) is 1. The van der Waals surface area contributed by atoms with Crippen LogP contribution in [0.5, 0.6) is 0 Å². The highest BCUT2D eigenvalue weighted by atomic mass is 19.1. The molecular weight excluding hydrogens is 257 g/mol. The monoisotopic (exact) mass is 281 g/mol.